The molecule has 2 aliphatic heterocycles. The summed E-state index contributed by atoms with van der Waals surface area (Å²) in [6, 6.07) is 10.3. The lowest BCUT2D eigenvalue weighted by atomic mass is 9.89. The van der Waals surface area contributed by atoms with Gasteiger partial charge in [-0.05, 0) is 68.1 Å². The summed E-state index contributed by atoms with van der Waals surface area (Å²) in [6.45, 7) is 6.78. The SMILES string of the molecule is Cc1cnc2c(c1)c1c(n2CC(C)(O)c2ccc(Cl)cc2)CCN2CCCCC12. The molecule has 5 heteroatoms. The summed E-state index contributed by atoms with van der Waals surface area (Å²) in [7, 11) is 0. The predicted molar refractivity (Wildman–Crippen MR) is 117 cm³/mol. The number of piperidine rings is 1. The Kier molecular flexibility index (Phi) is 4.69. The fourth-order valence-electron chi connectivity index (χ4n) is 5.26. The second kappa shape index (κ2) is 7.12. The largest absolute Gasteiger partial charge is 0.384 e. The Morgan fingerprint density at radius 3 is 2.79 bits per heavy atom. The van der Waals surface area contributed by atoms with Gasteiger partial charge in [-0.25, -0.2) is 4.98 Å². The normalized spacial score (nSPS) is 21.6. The van der Waals surface area contributed by atoms with Crippen molar-refractivity contribution in [2.45, 2.75) is 57.7 Å². The Morgan fingerprint density at radius 1 is 1.21 bits per heavy atom. The van der Waals surface area contributed by atoms with Crippen LogP contribution in [0.4, 0.5) is 0 Å². The van der Waals surface area contributed by atoms with Gasteiger partial charge in [0.2, 0.25) is 0 Å². The zero-order chi connectivity index (χ0) is 20.2. The molecule has 29 heavy (non-hydrogen) atoms. The number of pyridine rings is 1. The lowest BCUT2D eigenvalue weighted by Crippen LogP contribution is -2.39. The molecule has 2 unspecified atom stereocenters. The number of aliphatic hydroxyl groups is 1. The van der Waals surface area contributed by atoms with Crippen LogP contribution < -0.4 is 0 Å². The maximum absolute atomic E-state index is 11.4. The minimum Gasteiger partial charge on any atom is -0.384 e. The summed E-state index contributed by atoms with van der Waals surface area (Å²) < 4.78 is 2.28. The van der Waals surface area contributed by atoms with E-state index in [2.05, 4.69) is 22.5 Å². The first-order chi connectivity index (χ1) is 13.9. The van der Waals surface area contributed by atoms with Gasteiger partial charge in [-0.3, -0.25) is 4.90 Å². The van der Waals surface area contributed by atoms with Crippen molar-refractivity contribution < 1.29 is 5.11 Å². The fraction of sp³-hybridized carbons (Fsp3) is 0.458. The summed E-state index contributed by atoms with van der Waals surface area (Å²) in [4.78, 5) is 7.48. The highest BCUT2D eigenvalue weighted by atomic mass is 35.5. The average molecular weight is 410 g/mol. The van der Waals surface area contributed by atoms with Crippen molar-refractivity contribution in [2.24, 2.45) is 0 Å². The predicted octanol–water partition coefficient (Wildman–Crippen LogP) is 4.99. The van der Waals surface area contributed by atoms with E-state index in [-0.39, 0.29) is 0 Å². The number of hydrogen-bond donors (Lipinski definition) is 1. The van der Waals surface area contributed by atoms with Gasteiger partial charge in [-0.15, -0.1) is 0 Å². The van der Waals surface area contributed by atoms with E-state index < -0.39 is 5.60 Å². The Morgan fingerprint density at radius 2 is 2.00 bits per heavy atom. The fourth-order valence-corrected chi connectivity index (χ4v) is 5.38. The summed E-state index contributed by atoms with van der Waals surface area (Å²) in [5.74, 6) is 0. The molecular formula is C24H28ClN3O. The molecule has 1 saturated heterocycles. The molecule has 4 heterocycles. The van der Waals surface area contributed by atoms with Crippen LogP contribution in [0.1, 0.15) is 54.6 Å². The summed E-state index contributed by atoms with van der Waals surface area (Å²) in [5.41, 5.74) is 4.88. The van der Waals surface area contributed by atoms with Gasteiger partial charge >= 0.3 is 0 Å². The van der Waals surface area contributed by atoms with E-state index in [0.29, 0.717) is 17.6 Å². The first-order valence-electron chi connectivity index (χ1n) is 10.6. The van der Waals surface area contributed by atoms with Crippen molar-refractivity contribution in [1.82, 2.24) is 14.5 Å². The highest BCUT2D eigenvalue weighted by Crippen LogP contribution is 2.42. The standard InChI is InChI=1S/C24H28ClN3O/c1-16-13-19-22-20-5-3-4-11-27(20)12-10-21(22)28(23(19)26-14-16)15-24(2,29)17-6-8-18(25)9-7-17/h6-9,13-14,20,29H,3-5,10-12,15H2,1-2H3. The van der Waals surface area contributed by atoms with Crippen molar-refractivity contribution >= 4 is 22.6 Å². The van der Waals surface area contributed by atoms with E-state index in [1.807, 2.05) is 37.4 Å². The summed E-state index contributed by atoms with van der Waals surface area (Å²) in [5, 5.41) is 13.3. The molecule has 152 valence electrons. The van der Waals surface area contributed by atoms with Crippen LogP contribution in [0.15, 0.2) is 36.5 Å². The molecule has 2 aliphatic rings. The van der Waals surface area contributed by atoms with E-state index in [0.717, 1.165) is 24.2 Å². The Labute approximate surface area is 177 Å². The number of fused-ring (bicyclic) bond motifs is 5. The van der Waals surface area contributed by atoms with Gasteiger partial charge in [0.05, 0.1) is 6.54 Å². The summed E-state index contributed by atoms with van der Waals surface area (Å²) in [6.07, 6.45) is 6.76. The summed E-state index contributed by atoms with van der Waals surface area (Å²) >= 11 is 6.06. The van der Waals surface area contributed by atoms with Crippen LogP contribution >= 0.6 is 11.6 Å². The van der Waals surface area contributed by atoms with Crippen LogP contribution in [0, 0.1) is 6.92 Å². The van der Waals surface area contributed by atoms with Gasteiger partial charge in [0.15, 0.2) is 0 Å². The molecule has 0 bridgehead atoms. The maximum Gasteiger partial charge on any atom is 0.140 e. The number of benzene rings is 1. The third-order valence-electron chi connectivity index (χ3n) is 6.70. The van der Waals surface area contributed by atoms with Crippen LogP contribution in [0.3, 0.4) is 0 Å². The molecule has 4 nitrogen and oxygen atoms in total. The minimum atomic E-state index is -0.999. The van der Waals surface area contributed by atoms with Gasteiger partial charge in [0.25, 0.3) is 0 Å². The molecule has 2 atom stereocenters. The number of halogens is 1. The van der Waals surface area contributed by atoms with Crippen LogP contribution in [0.5, 0.6) is 0 Å². The van der Waals surface area contributed by atoms with Gasteiger partial charge in [0, 0.05) is 41.3 Å². The molecular weight excluding hydrogens is 382 g/mol. The molecule has 0 aliphatic carbocycles. The topological polar surface area (TPSA) is 41.3 Å². The number of aromatic nitrogens is 2. The van der Waals surface area contributed by atoms with Gasteiger partial charge in [-0.2, -0.15) is 0 Å². The lowest BCUT2D eigenvalue weighted by molar-refractivity contribution is 0.0378. The second-order valence-electron chi connectivity index (χ2n) is 8.91. The first kappa shape index (κ1) is 19.1. The van der Waals surface area contributed by atoms with Crippen LogP contribution in [0.25, 0.3) is 11.0 Å². The van der Waals surface area contributed by atoms with Gasteiger partial charge < -0.3 is 9.67 Å². The van der Waals surface area contributed by atoms with E-state index in [1.54, 1.807) is 0 Å². The smallest absolute Gasteiger partial charge is 0.140 e. The van der Waals surface area contributed by atoms with E-state index in [9.17, 15) is 5.11 Å². The van der Waals surface area contributed by atoms with E-state index in [4.69, 9.17) is 16.6 Å². The van der Waals surface area contributed by atoms with Crippen molar-refractivity contribution in [3.63, 3.8) is 0 Å². The Bertz CT molecular complexity index is 1050. The van der Waals surface area contributed by atoms with Crippen molar-refractivity contribution in [1.29, 1.82) is 0 Å². The number of nitrogens with zero attached hydrogens (tertiary/aromatic N) is 3. The zero-order valence-corrected chi connectivity index (χ0v) is 17.9. The van der Waals surface area contributed by atoms with Crippen LogP contribution in [0.2, 0.25) is 5.02 Å². The molecule has 5 rings (SSSR count). The molecule has 0 amide bonds. The lowest BCUT2D eigenvalue weighted by Gasteiger charge is -2.40. The third kappa shape index (κ3) is 3.27. The molecule has 1 aromatic carbocycles. The Hall–Kier alpha value is -1.88. The quantitative estimate of drug-likeness (QED) is 0.662. The minimum absolute atomic E-state index is 0.486. The van der Waals surface area contributed by atoms with Crippen molar-refractivity contribution in [3.8, 4) is 0 Å². The van der Waals surface area contributed by atoms with Gasteiger partial charge in [0.1, 0.15) is 11.2 Å². The van der Waals surface area contributed by atoms with E-state index in [1.165, 1.54) is 48.0 Å². The molecule has 2 aromatic heterocycles. The monoisotopic (exact) mass is 409 g/mol. The first-order valence-corrected chi connectivity index (χ1v) is 11.0. The van der Waals surface area contributed by atoms with E-state index >= 15 is 0 Å². The molecule has 3 aromatic rings. The average Bonchev–Trinajstić information content (AvgIpc) is 3.01. The van der Waals surface area contributed by atoms with Crippen molar-refractivity contribution in [3.05, 3.63) is 63.9 Å². The Balaban J connectivity index is 1.64. The molecule has 0 spiro atoms. The molecule has 0 saturated carbocycles. The third-order valence-corrected chi connectivity index (χ3v) is 6.95. The van der Waals surface area contributed by atoms with Gasteiger partial charge in [-0.1, -0.05) is 30.2 Å². The number of hydrogen-bond acceptors (Lipinski definition) is 3. The van der Waals surface area contributed by atoms with Crippen molar-refractivity contribution in [2.75, 3.05) is 13.1 Å². The van der Waals surface area contributed by atoms with Crippen LogP contribution in [-0.2, 0) is 18.6 Å². The second-order valence-corrected chi connectivity index (χ2v) is 9.35. The molecule has 1 N–H and O–H groups in total. The molecule has 0 radical (unpaired) electrons. The number of rotatable bonds is 3. The number of aryl methyl sites for hydroxylation is 1. The highest BCUT2D eigenvalue weighted by molar-refractivity contribution is 6.30. The highest BCUT2D eigenvalue weighted by Gasteiger charge is 2.36. The molecule has 1 fully saturated rings. The maximum atomic E-state index is 11.4. The van der Waals surface area contributed by atoms with Crippen LogP contribution in [-0.4, -0.2) is 32.6 Å². The zero-order valence-electron chi connectivity index (χ0n) is 17.2.